The molecule has 0 atom stereocenters. The molecule has 1 amide bonds. The SMILES string of the molecule is COc1ccc(C(=O)CCC(=O)N(C)OC)cc1. The summed E-state index contributed by atoms with van der Waals surface area (Å²) >= 11 is 0. The van der Waals surface area contributed by atoms with E-state index in [1.54, 1.807) is 31.4 Å². The van der Waals surface area contributed by atoms with Crippen molar-refractivity contribution in [3.63, 3.8) is 0 Å². The number of carbonyl (C=O) groups is 2. The van der Waals surface area contributed by atoms with Gasteiger partial charge in [0.2, 0.25) is 5.91 Å². The molecule has 1 aromatic rings. The fourth-order valence-electron chi connectivity index (χ4n) is 1.40. The molecule has 0 heterocycles. The van der Waals surface area contributed by atoms with Crippen molar-refractivity contribution in [2.24, 2.45) is 0 Å². The zero-order valence-electron chi connectivity index (χ0n) is 10.8. The molecule has 0 spiro atoms. The lowest BCUT2D eigenvalue weighted by molar-refractivity contribution is -0.168. The normalized spacial score (nSPS) is 9.94. The zero-order chi connectivity index (χ0) is 13.5. The monoisotopic (exact) mass is 251 g/mol. The van der Waals surface area contributed by atoms with Gasteiger partial charge in [0.1, 0.15) is 5.75 Å². The van der Waals surface area contributed by atoms with E-state index in [-0.39, 0.29) is 24.5 Å². The van der Waals surface area contributed by atoms with Crippen molar-refractivity contribution in [3.05, 3.63) is 29.8 Å². The summed E-state index contributed by atoms with van der Waals surface area (Å²) in [5.41, 5.74) is 0.573. The minimum absolute atomic E-state index is 0.0736. The van der Waals surface area contributed by atoms with Crippen LogP contribution in [-0.2, 0) is 9.63 Å². The van der Waals surface area contributed by atoms with E-state index in [0.717, 1.165) is 5.06 Å². The number of hydrogen-bond acceptors (Lipinski definition) is 4. The van der Waals surface area contributed by atoms with Crippen molar-refractivity contribution < 1.29 is 19.2 Å². The Morgan fingerprint density at radius 2 is 1.72 bits per heavy atom. The second-order valence-corrected chi connectivity index (χ2v) is 3.73. The molecule has 98 valence electrons. The lowest BCUT2D eigenvalue weighted by Gasteiger charge is -2.12. The summed E-state index contributed by atoms with van der Waals surface area (Å²) in [6.07, 6.45) is 0.300. The van der Waals surface area contributed by atoms with E-state index in [0.29, 0.717) is 11.3 Å². The van der Waals surface area contributed by atoms with E-state index in [1.165, 1.54) is 14.2 Å². The first-order chi connectivity index (χ1) is 8.58. The lowest BCUT2D eigenvalue weighted by atomic mass is 10.1. The summed E-state index contributed by atoms with van der Waals surface area (Å²) in [6.45, 7) is 0. The molecular weight excluding hydrogens is 234 g/mol. The molecule has 1 aromatic carbocycles. The Hall–Kier alpha value is -1.88. The number of ether oxygens (including phenoxy) is 1. The molecule has 0 saturated carbocycles. The molecule has 0 aliphatic rings. The van der Waals surface area contributed by atoms with E-state index in [4.69, 9.17) is 9.57 Å². The molecule has 0 radical (unpaired) electrons. The predicted octanol–water partition coefficient (Wildman–Crippen LogP) is 1.68. The van der Waals surface area contributed by atoms with Crippen molar-refractivity contribution in [2.45, 2.75) is 12.8 Å². The van der Waals surface area contributed by atoms with E-state index < -0.39 is 0 Å². The fraction of sp³-hybridized carbons (Fsp3) is 0.385. The van der Waals surface area contributed by atoms with Gasteiger partial charge in [-0.3, -0.25) is 14.4 Å². The molecular formula is C13H17NO4. The minimum atomic E-state index is -0.223. The van der Waals surface area contributed by atoms with Crippen LogP contribution in [0.25, 0.3) is 0 Å². The van der Waals surface area contributed by atoms with Crippen LogP contribution in [0.1, 0.15) is 23.2 Å². The van der Waals surface area contributed by atoms with Gasteiger partial charge in [-0.15, -0.1) is 0 Å². The summed E-state index contributed by atoms with van der Waals surface area (Å²) in [6, 6.07) is 6.81. The van der Waals surface area contributed by atoms with E-state index in [2.05, 4.69) is 0 Å². The number of nitrogens with zero attached hydrogens (tertiary/aromatic N) is 1. The number of methoxy groups -OCH3 is 1. The average molecular weight is 251 g/mol. The smallest absolute Gasteiger partial charge is 0.246 e. The average Bonchev–Trinajstić information content (AvgIpc) is 2.43. The number of hydroxylamine groups is 2. The number of Topliss-reactive ketones (excluding diaryl/α,β-unsaturated/α-hetero) is 1. The van der Waals surface area contributed by atoms with Crippen molar-refractivity contribution >= 4 is 11.7 Å². The van der Waals surface area contributed by atoms with Crippen LogP contribution in [0.2, 0.25) is 0 Å². The lowest BCUT2D eigenvalue weighted by Crippen LogP contribution is -2.25. The maximum Gasteiger partial charge on any atom is 0.246 e. The molecule has 0 saturated heterocycles. The quantitative estimate of drug-likeness (QED) is 0.570. The molecule has 0 N–H and O–H groups in total. The number of ketones is 1. The minimum Gasteiger partial charge on any atom is -0.497 e. The van der Waals surface area contributed by atoms with Gasteiger partial charge in [-0.05, 0) is 24.3 Å². The van der Waals surface area contributed by atoms with E-state index in [9.17, 15) is 9.59 Å². The number of hydrogen-bond donors (Lipinski definition) is 0. The highest BCUT2D eigenvalue weighted by molar-refractivity contribution is 5.97. The van der Waals surface area contributed by atoms with Gasteiger partial charge in [0, 0.05) is 25.5 Å². The van der Waals surface area contributed by atoms with Crippen LogP contribution in [0.4, 0.5) is 0 Å². The molecule has 0 aliphatic carbocycles. The van der Waals surface area contributed by atoms with E-state index in [1.807, 2.05) is 0 Å². The number of benzene rings is 1. The zero-order valence-corrected chi connectivity index (χ0v) is 10.8. The van der Waals surface area contributed by atoms with E-state index >= 15 is 0 Å². The van der Waals surface area contributed by atoms with Crippen molar-refractivity contribution in [1.29, 1.82) is 0 Å². The van der Waals surface area contributed by atoms with Crippen molar-refractivity contribution in [3.8, 4) is 5.75 Å². The van der Waals surface area contributed by atoms with Gasteiger partial charge in [0.15, 0.2) is 5.78 Å². The maximum absolute atomic E-state index is 11.8. The van der Waals surface area contributed by atoms with Gasteiger partial charge in [-0.2, -0.15) is 0 Å². The first-order valence-corrected chi connectivity index (χ1v) is 5.56. The molecule has 18 heavy (non-hydrogen) atoms. The third kappa shape index (κ3) is 3.85. The van der Waals surface area contributed by atoms with Crippen molar-refractivity contribution in [2.75, 3.05) is 21.3 Å². The highest BCUT2D eigenvalue weighted by Gasteiger charge is 2.12. The van der Waals surface area contributed by atoms with Gasteiger partial charge in [0.05, 0.1) is 14.2 Å². The number of rotatable bonds is 6. The highest BCUT2D eigenvalue weighted by atomic mass is 16.7. The van der Waals surface area contributed by atoms with Gasteiger partial charge >= 0.3 is 0 Å². The van der Waals surface area contributed by atoms with Crippen LogP contribution in [0, 0.1) is 0 Å². The standard InChI is InChI=1S/C13H17NO4/c1-14(18-3)13(16)9-8-12(15)10-4-6-11(17-2)7-5-10/h4-7H,8-9H2,1-3H3. The molecule has 0 aliphatic heterocycles. The van der Waals surface area contributed by atoms with Crippen LogP contribution in [0.15, 0.2) is 24.3 Å². The Labute approximate surface area is 106 Å². The summed E-state index contributed by atoms with van der Waals surface area (Å²) in [5.74, 6) is 0.400. The Morgan fingerprint density at radius 3 is 2.22 bits per heavy atom. The van der Waals surface area contributed by atoms with Crippen LogP contribution in [-0.4, -0.2) is 38.0 Å². The van der Waals surface area contributed by atoms with Gasteiger partial charge < -0.3 is 4.74 Å². The Balaban J connectivity index is 2.52. The third-order valence-corrected chi connectivity index (χ3v) is 2.60. The highest BCUT2D eigenvalue weighted by Crippen LogP contribution is 2.13. The molecule has 5 heteroatoms. The molecule has 5 nitrogen and oxygen atoms in total. The largest absolute Gasteiger partial charge is 0.497 e. The molecule has 0 unspecified atom stereocenters. The summed E-state index contributed by atoms with van der Waals surface area (Å²) < 4.78 is 5.00. The Bertz CT molecular complexity index is 414. The van der Waals surface area contributed by atoms with Crippen LogP contribution >= 0.6 is 0 Å². The summed E-state index contributed by atoms with van der Waals surface area (Å²) in [4.78, 5) is 28.0. The molecule has 1 rings (SSSR count). The van der Waals surface area contributed by atoms with Crippen LogP contribution in [0.5, 0.6) is 5.75 Å². The number of carbonyl (C=O) groups excluding carboxylic acids is 2. The summed E-state index contributed by atoms with van der Waals surface area (Å²) in [7, 11) is 4.49. The van der Waals surface area contributed by atoms with Gasteiger partial charge in [-0.1, -0.05) is 0 Å². The maximum atomic E-state index is 11.8. The van der Waals surface area contributed by atoms with Crippen LogP contribution in [0.3, 0.4) is 0 Å². The van der Waals surface area contributed by atoms with Gasteiger partial charge in [-0.25, -0.2) is 5.06 Å². The fourth-order valence-corrected chi connectivity index (χ4v) is 1.40. The Kier molecular flexibility index (Phi) is 5.32. The summed E-state index contributed by atoms with van der Waals surface area (Å²) in [5, 5.41) is 1.11. The van der Waals surface area contributed by atoms with Gasteiger partial charge in [0.25, 0.3) is 0 Å². The third-order valence-electron chi connectivity index (χ3n) is 2.60. The Morgan fingerprint density at radius 1 is 1.11 bits per heavy atom. The topological polar surface area (TPSA) is 55.8 Å². The molecule has 0 aromatic heterocycles. The second-order valence-electron chi connectivity index (χ2n) is 3.73. The molecule has 0 fully saturated rings. The first-order valence-electron chi connectivity index (χ1n) is 5.56. The first kappa shape index (κ1) is 14.2. The second kappa shape index (κ2) is 6.76. The molecule has 0 bridgehead atoms. The number of amides is 1. The predicted molar refractivity (Wildman–Crippen MR) is 66.3 cm³/mol. The van der Waals surface area contributed by atoms with Crippen molar-refractivity contribution in [1.82, 2.24) is 5.06 Å². The van der Waals surface area contributed by atoms with Crippen LogP contribution < -0.4 is 4.74 Å².